The van der Waals surface area contributed by atoms with Crippen molar-refractivity contribution in [2.75, 3.05) is 20.0 Å². The van der Waals surface area contributed by atoms with Crippen LogP contribution in [0, 0.1) is 5.82 Å². The molecule has 0 bridgehead atoms. The Morgan fingerprint density at radius 1 is 1.10 bits per heavy atom. The molecule has 0 atom stereocenters. The summed E-state index contributed by atoms with van der Waals surface area (Å²) in [6.07, 6.45) is 0. The summed E-state index contributed by atoms with van der Waals surface area (Å²) in [4.78, 5) is 12.3. The summed E-state index contributed by atoms with van der Waals surface area (Å²) in [5.41, 5.74) is 6.56. The van der Waals surface area contributed by atoms with Gasteiger partial charge in [-0.1, -0.05) is 6.07 Å². The number of nitrogens with two attached hydrogens (primary N) is 1. The number of ether oxygens (including phenoxy) is 2. The SMILES string of the molecule is COc1ccc(C(=O)c2cccc(OC)c2N)cc1F. The van der Waals surface area contributed by atoms with E-state index in [4.69, 9.17) is 15.2 Å². The first-order chi connectivity index (χ1) is 9.58. The largest absolute Gasteiger partial charge is 0.495 e. The molecule has 0 aromatic heterocycles. The Morgan fingerprint density at radius 2 is 1.80 bits per heavy atom. The number of halogens is 1. The molecule has 0 heterocycles. The van der Waals surface area contributed by atoms with Gasteiger partial charge in [-0.15, -0.1) is 0 Å². The van der Waals surface area contributed by atoms with Crippen LogP contribution in [0.25, 0.3) is 0 Å². The number of hydrogen-bond donors (Lipinski definition) is 1. The molecule has 0 spiro atoms. The third-order valence-corrected chi connectivity index (χ3v) is 2.94. The third kappa shape index (κ3) is 2.42. The van der Waals surface area contributed by atoms with Crippen molar-refractivity contribution in [1.29, 1.82) is 0 Å². The molecule has 0 unspecified atom stereocenters. The molecule has 0 amide bonds. The molecule has 4 nitrogen and oxygen atoms in total. The highest BCUT2D eigenvalue weighted by atomic mass is 19.1. The molecule has 0 radical (unpaired) electrons. The summed E-state index contributed by atoms with van der Waals surface area (Å²) < 4.78 is 23.5. The van der Waals surface area contributed by atoms with Crippen molar-refractivity contribution in [3.63, 3.8) is 0 Å². The van der Waals surface area contributed by atoms with Gasteiger partial charge in [-0.3, -0.25) is 4.79 Å². The summed E-state index contributed by atoms with van der Waals surface area (Å²) in [5, 5.41) is 0. The minimum absolute atomic E-state index is 0.0835. The Balaban J connectivity index is 2.44. The fraction of sp³-hybridized carbons (Fsp3) is 0.133. The van der Waals surface area contributed by atoms with Gasteiger partial charge in [-0.05, 0) is 30.3 Å². The number of para-hydroxylation sites is 1. The van der Waals surface area contributed by atoms with E-state index in [1.807, 2.05) is 0 Å². The Labute approximate surface area is 115 Å². The van der Waals surface area contributed by atoms with Crippen LogP contribution < -0.4 is 15.2 Å². The highest BCUT2D eigenvalue weighted by molar-refractivity contribution is 6.12. The van der Waals surface area contributed by atoms with Gasteiger partial charge in [0.15, 0.2) is 17.3 Å². The first kappa shape index (κ1) is 13.9. The lowest BCUT2D eigenvalue weighted by molar-refractivity contribution is 0.103. The molecule has 2 aromatic carbocycles. The number of hydrogen-bond acceptors (Lipinski definition) is 4. The number of methoxy groups -OCH3 is 2. The molecule has 104 valence electrons. The van der Waals surface area contributed by atoms with Gasteiger partial charge in [0, 0.05) is 11.1 Å². The molecule has 20 heavy (non-hydrogen) atoms. The molecule has 0 aliphatic carbocycles. The summed E-state index contributed by atoms with van der Waals surface area (Å²) in [6, 6.07) is 8.90. The van der Waals surface area contributed by atoms with Crippen molar-refractivity contribution in [3.05, 3.63) is 53.3 Å². The van der Waals surface area contributed by atoms with Crippen LogP contribution in [0.15, 0.2) is 36.4 Å². The number of nitrogen functional groups attached to an aromatic ring is 1. The van der Waals surface area contributed by atoms with Crippen LogP contribution in [0.5, 0.6) is 11.5 Å². The van der Waals surface area contributed by atoms with E-state index in [1.165, 1.54) is 26.4 Å². The monoisotopic (exact) mass is 275 g/mol. The van der Waals surface area contributed by atoms with E-state index >= 15 is 0 Å². The Bertz CT molecular complexity index is 656. The van der Waals surface area contributed by atoms with Crippen LogP contribution in [-0.4, -0.2) is 20.0 Å². The maximum Gasteiger partial charge on any atom is 0.195 e. The van der Waals surface area contributed by atoms with E-state index in [-0.39, 0.29) is 28.3 Å². The van der Waals surface area contributed by atoms with E-state index in [1.54, 1.807) is 18.2 Å². The second-order valence-corrected chi connectivity index (χ2v) is 4.10. The Kier molecular flexibility index (Phi) is 3.89. The van der Waals surface area contributed by atoms with Gasteiger partial charge < -0.3 is 15.2 Å². The molecule has 0 aliphatic rings. The maximum atomic E-state index is 13.6. The van der Waals surface area contributed by atoms with Crippen LogP contribution in [-0.2, 0) is 0 Å². The summed E-state index contributed by atoms with van der Waals surface area (Å²) in [7, 11) is 2.83. The summed E-state index contributed by atoms with van der Waals surface area (Å²) in [5.74, 6) is -0.479. The molecule has 2 aromatic rings. The highest BCUT2D eigenvalue weighted by Crippen LogP contribution is 2.27. The number of carbonyl (C=O) groups excluding carboxylic acids is 1. The van der Waals surface area contributed by atoms with Crippen molar-refractivity contribution in [1.82, 2.24) is 0 Å². The third-order valence-electron chi connectivity index (χ3n) is 2.94. The van der Waals surface area contributed by atoms with Crippen LogP contribution in [0.3, 0.4) is 0 Å². The minimum atomic E-state index is -0.597. The fourth-order valence-corrected chi connectivity index (χ4v) is 1.88. The number of rotatable bonds is 4. The quantitative estimate of drug-likeness (QED) is 0.688. The van der Waals surface area contributed by atoms with Gasteiger partial charge in [0.25, 0.3) is 0 Å². The van der Waals surface area contributed by atoms with Crippen molar-refractivity contribution >= 4 is 11.5 Å². The van der Waals surface area contributed by atoms with Crippen LogP contribution in [0.4, 0.5) is 10.1 Å². The molecule has 0 saturated carbocycles. The Morgan fingerprint density at radius 3 is 2.40 bits per heavy atom. The summed E-state index contributed by atoms with van der Waals surface area (Å²) >= 11 is 0. The first-order valence-corrected chi connectivity index (χ1v) is 5.89. The van der Waals surface area contributed by atoms with Crippen molar-refractivity contribution in [3.8, 4) is 11.5 Å². The molecule has 0 fully saturated rings. The van der Waals surface area contributed by atoms with Crippen molar-refractivity contribution in [2.45, 2.75) is 0 Å². The van der Waals surface area contributed by atoms with Crippen LogP contribution >= 0.6 is 0 Å². The highest BCUT2D eigenvalue weighted by Gasteiger charge is 2.16. The van der Waals surface area contributed by atoms with Gasteiger partial charge in [-0.2, -0.15) is 0 Å². The molecule has 0 aliphatic heterocycles. The molecule has 2 N–H and O–H groups in total. The van der Waals surface area contributed by atoms with E-state index < -0.39 is 5.82 Å². The van der Waals surface area contributed by atoms with E-state index in [2.05, 4.69) is 0 Å². The molecule has 0 saturated heterocycles. The summed E-state index contributed by atoms with van der Waals surface area (Å²) in [6.45, 7) is 0. The molecular weight excluding hydrogens is 261 g/mol. The van der Waals surface area contributed by atoms with Crippen molar-refractivity contribution < 1.29 is 18.7 Å². The zero-order valence-corrected chi connectivity index (χ0v) is 11.1. The van der Waals surface area contributed by atoms with Gasteiger partial charge in [-0.25, -0.2) is 4.39 Å². The van der Waals surface area contributed by atoms with Gasteiger partial charge in [0.2, 0.25) is 0 Å². The molecule has 5 heteroatoms. The zero-order chi connectivity index (χ0) is 14.7. The van der Waals surface area contributed by atoms with E-state index in [9.17, 15) is 9.18 Å². The first-order valence-electron chi connectivity index (χ1n) is 5.89. The minimum Gasteiger partial charge on any atom is -0.495 e. The van der Waals surface area contributed by atoms with Crippen LogP contribution in [0.2, 0.25) is 0 Å². The van der Waals surface area contributed by atoms with Gasteiger partial charge in [0.1, 0.15) is 5.75 Å². The van der Waals surface area contributed by atoms with E-state index in [0.29, 0.717) is 5.75 Å². The number of benzene rings is 2. The average molecular weight is 275 g/mol. The van der Waals surface area contributed by atoms with Crippen LogP contribution in [0.1, 0.15) is 15.9 Å². The lowest BCUT2D eigenvalue weighted by Gasteiger charge is -2.10. The lowest BCUT2D eigenvalue weighted by atomic mass is 10.0. The second-order valence-electron chi connectivity index (χ2n) is 4.10. The smallest absolute Gasteiger partial charge is 0.195 e. The maximum absolute atomic E-state index is 13.6. The van der Waals surface area contributed by atoms with Crippen molar-refractivity contribution in [2.24, 2.45) is 0 Å². The predicted octanol–water partition coefficient (Wildman–Crippen LogP) is 2.66. The number of carbonyl (C=O) groups is 1. The van der Waals surface area contributed by atoms with Gasteiger partial charge in [0.05, 0.1) is 19.9 Å². The average Bonchev–Trinajstić information content (AvgIpc) is 2.46. The standard InChI is InChI=1S/C15H14FNO3/c1-19-12-7-6-9(8-11(12)16)15(18)10-4-3-5-13(20-2)14(10)17/h3-8H,17H2,1-2H3. The zero-order valence-electron chi connectivity index (χ0n) is 11.1. The second kappa shape index (κ2) is 5.61. The number of ketones is 1. The Hall–Kier alpha value is -2.56. The topological polar surface area (TPSA) is 61.5 Å². The molecular formula is C15H14FNO3. The molecule has 2 rings (SSSR count). The lowest BCUT2D eigenvalue weighted by Crippen LogP contribution is -2.07. The fourth-order valence-electron chi connectivity index (χ4n) is 1.88. The number of anilines is 1. The van der Waals surface area contributed by atoms with Gasteiger partial charge >= 0.3 is 0 Å². The van der Waals surface area contributed by atoms with E-state index in [0.717, 1.165) is 6.07 Å². The predicted molar refractivity (Wildman–Crippen MR) is 73.8 cm³/mol. The normalized spacial score (nSPS) is 10.2.